The van der Waals surface area contributed by atoms with Crippen molar-refractivity contribution in [3.05, 3.63) is 210 Å². The Labute approximate surface area is 365 Å². The molecule has 3 nitrogen and oxygen atoms in total. The van der Waals surface area contributed by atoms with Crippen molar-refractivity contribution in [1.82, 2.24) is 13.7 Å². The summed E-state index contributed by atoms with van der Waals surface area (Å²) >= 11 is 0. The van der Waals surface area contributed by atoms with Crippen molar-refractivity contribution in [2.24, 2.45) is 0 Å². The van der Waals surface area contributed by atoms with Gasteiger partial charge in [0.05, 0.1) is 38.8 Å². The average molecular weight is 806 g/mol. The Kier molecular flexibility index (Phi) is 6.70. The van der Waals surface area contributed by atoms with E-state index in [2.05, 4.69) is 229 Å². The van der Waals surface area contributed by atoms with Crippen LogP contribution in [-0.4, -0.2) is 13.7 Å². The van der Waals surface area contributed by atoms with Crippen molar-refractivity contribution in [1.29, 1.82) is 0 Å². The van der Waals surface area contributed by atoms with Crippen LogP contribution < -0.4 is 0 Å². The Hall–Kier alpha value is -7.62. The number of benzene rings is 9. The molecule has 5 heterocycles. The first-order valence-corrected chi connectivity index (χ1v) is 22.3. The molecule has 0 radical (unpaired) electrons. The lowest BCUT2D eigenvalue weighted by atomic mass is 9.68. The van der Waals surface area contributed by atoms with Crippen molar-refractivity contribution >= 4 is 65.4 Å². The quantitative estimate of drug-likeness (QED) is 0.168. The maximum atomic E-state index is 2.65. The van der Waals surface area contributed by atoms with Gasteiger partial charge in [0.25, 0.3) is 0 Å². The third-order valence-electron chi connectivity index (χ3n) is 15.0. The number of fused-ring (bicyclic) bond motifs is 7. The van der Waals surface area contributed by atoms with E-state index in [-0.39, 0.29) is 10.8 Å². The largest absolute Gasteiger partial charge is 0.309 e. The van der Waals surface area contributed by atoms with Crippen LogP contribution in [0.15, 0.2) is 188 Å². The topological polar surface area (TPSA) is 14.8 Å². The summed E-state index contributed by atoms with van der Waals surface area (Å²) in [6.07, 6.45) is 0. The average Bonchev–Trinajstić information content (AvgIpc) is 3.96. The molecular formula is C60H43N3. The molecule has 14 rings (SSSR count). The number of nitrogens with zero attached hydrogens (tertiary/aromatic N) is 3. The highest BCUT2D eigenvalue weighted by atomic mass is 15.0. The van der Waals surface area contributed by atoms with Crippen LogP contribution in [0.3, 0.4) is 0 Å². The monoisotopic (exact) mass is 805 g/mol. The number of rotatable bonds is 4. The molecule has 12 aromatic rings. The van der Waals surface area contributed by atoms with Crippen LogP contribution in [0.2, 0.25) is 0 Å². The minimum atomic E-state index is -0.216. The van der Waals surface area contributed by atoms with Gasteiger partial charge in [-0.1, -0.05) is 131 Å². The third-order valence-corrected chi connectivity index (χ3v) is 15.0. The van der Waals surface area contributed by atoms with Crippen LogP contribution in [0, 0.1) is 0 Å². The van der Waals surface area contributed by atoms with Gasteiger partial charge in [-0.25, -0.2) is 0 Å². The van der Waals surface area contributed by atoms with E-state index in [4.69, 9.17) is 0 Å². The lowest BCUT2D eigenvalue weighted by Gasteiger charge is -2.42. The normalized spacial score (nSPS) is 14.6. The predicted molar refractivity (Wildman–Crippen MR) is 265 cm³/mol. The van der Waals surface area contributed by atoms with E-state index in [9.17, 15) is 0 Å². The van der Waals surface area contributed by atoms with Crippen LogP contribution in [0.1, 0.15) is 49.9 Å². The minimum Gasteiger partial charge on any atom is -0.309 e. The molecule has 0 aliphatic carbocycles. The fourth-order valence-electron chi connectivity index (χ4n) is 11.9. The number of para-hydroxylation sites is 5. The number of hydrogen-bond donors (Lipinski definition) is 0. The molecule has 3 heteroatoms. The van der Waals surface area contributed by atoms with Gasteiger partial charge in [-0.15, -0.1) is 0 Å². The molecule has 2 aliphatic rings. The second-order valence-corrected chi connectivity index (χ2v) is 19.0. The Bertz CT molecular complexity index is 3690. The van der Waals surface area contributed by atoms with Gasteiger partial charge >= 0.3 is 0 Å². The summed E-state index contributed by atoms with van der Waals surface area (Å²) in [6, 6.07) is 70.5. The van der Waals surface area contributed by atoms with Crippen molar-refractivity contribution in [2.75, 3.05) is 0 Å². The summed E-state index contributed by atoms with van der Waals surface area (Å²) < 4.78 is 7.46. The summed E-state index contributed by atoms with van der Waals surface area (Å²) in [7, 11) is 0. The Morgan fingerprint density at radius 3 is 1.14 bits per heavy atom. The van der Waals surface area contributed by atoms with Crippen molar-refractivity contribution in [3.63, 3.8) is 0 Å². The molecule has 0 bridgehead atoms. The van der Waals surface area contributed by atoms with Gasteiger partial charge in [0.2, 0.25) is 0 Å². The zero-order valence-corrected chi connectivity index (χ0v) is 35.7. The fraction of sp³-hybridized carbons (Fsp3) is 0.100. The Morgan fingerprint density at radius 2 is 0.683 bits per heavy atom. The molecule has 0 fully saturated rings. The predicted octanol–water partition coefficient (Wildman–Crippen LogP) is 15.6. The van der Waals surface area contributed by atoms with Gasteiger partial charge in [-0.3, -0.25) is 0 Å². The Balaban J connectivity index is 1.05. The molecule has 63 heavy (non-hydrogen) atoms. The molecule has 3 aromatic heterocycles. The summed E-state index contributed by atoms with van der Waals surface area (Å²) in [6.45, 7) is 9.75. The molecule has 0 saturated heterocycles. The first-order valence-electron chi connectivity index (χ1n) is 22.3. The lowest BCUT2D eigenvalue weighted by Crippen LogP contribution is -2.33. The fourth-order valence-corrected chi connectivity index (χ4v) is 11.9. The van der Waals surface area contributed by atoms with Gasteiger partial charge in [-0.05, 0) is 129 Å². The molecule has 0 spiro atoms. The van der Waals surface area contributed by atoms with Gasteiger partial charge in [0.1, 0.15) is 0 Å². The summed E-state index contributed by atoms with van der Waals surface area (Å²) in [5, 5.41) is 7.72. The molecule has 0 atom stereocenters. The molecular weight excluding hydrogens is 763 g/mol. The first kappa shape index (κ1) is 35.0. The number of hydrogen-bond acceptors (Lipinski definition) is 0. The third kappa shape index (κ3) is 4.49. The highest BCUT2D eigenvalue weighted by molar-refractivity contribution is 6.17. The lowest BCUT2D eigenvalue weighted by molar-refractivity contribution is 0.594. The van der Waals surface area contributed by atoms with Gasteiger partial charge < -0.3 is 13.7 Å². The zero-order chi connectivity index (χ0) is 41.9. The van der Waals surface area contributed by atoms with Crippen LogP contribution in [0.5, 0.6) is 0 Å². The van der Waals surface area contributed by atoms with E-state index < -0.39 is 0 Å². The van der Waals surface area contributed by atoms with E-state index >= 15 is 0 Å². The molecule has 298 valence electrons. The minimum absolute atomic E-state index is 0.216. The molecule has 0 N–H and O–H groups in total. The maximum Gasteiger partial charge on any atom is 0.0582 e. The smallest absolute Gasteiger partial charge is 0.0582 e. The highest BCUT2D eigenvalue weighted by Crippen LogP contribution is 2.57. The standard InChI is InChI=1S/C60H43N3/c1-59(2)48-22-15-23-49-58(48)63-56-46(32-38(34-50(56)59)36-26-28-54-44(30-36)42-20-11-13-24-52(42)61(54)40-16-7-5-8-17-40)47-33-39(35-51(57(47)63)60(49,3)4)37-27-29-55-45(31-37)43-21-12-14-25-53(43)62(55)41-18-9-6-10-19-41/h5-35H,1-4H3. The summed E-state index contributed by atoms with van der Waals surface area (Å²) in [5.74, 6) is 0. The SMILES string of the molecule is CC1(C)c2cccc3c2-n2c4c1cc(-c1ccc5c(c1)c1ccccc1n5-c1ccccc1)cc4c1cc(-c4ccc5c(c4)c4ccccc4n5-c4ccccc4)cc(c12)C3(C)C. The number of aromatic nitrogens is 3. The second kappa shape index (κ2) is 12.1. The first-order chi connectivity index (χ1) is 30.8. The summed E-state index contributed by atoms with van der Waals surface area (Å²) in [5.41, 5.74) is 21.4. The molecule has 0 unspecified atom stereocenters. The van der Waals surface area contributed by atoms with Crippen LogP contribution in [0.4, 0.5) is 0 Å². The zero-order valence-electron chi connectivity index (χ0n) is 35.7. The van der Waals surface area contributed by atoms with Crippen molar-refractivity contribution < 1.29 is 0 Å². The van der Waals surface area contributed by atoms with E-state index in [0.29, 0.717) is 0 Å². The van der Waals surface area contributed by atoms with E-state index in [1.165, 1.54) is 127 Å². The molecule has 0 saturated carbocycles. The highest BCUT2D eigenvalue weighted by Gasteiger charge is 2.43. The van der Waals surface area contributed by atoms with Crippen molar-refractivity contribution in [2.45, 2.75) is 38.5 Å². The van der Waals surface area contributed by atoms with Gasteiger partial charge in [0, 0.05) is 54.5 Å². The molecule has 2 aliphatic heterocycles. The summed E-state index contributed by atoms with van der Waals surface area (Å²) in [4.78, 5) is 0. The van der Waals surface area contributed by atoms with Crippen LogP contribution >= 0.6 is 0 Å². The second-order valence-electron chi connectivity index (χ2n) is 19.0. The maximum absolute atomic E-state index is 2.65. The van der Waals surface area contributed by atoms with Gasteiger partial charge in [0.15, 0.2) is 0 Å². The Morgan fingerprint density at radius 1 is 0.286 bits per heavy atom. The van der Waals surface area contributed by atoms with Crippen molar-refractivity contribution in [3.8, 4) is 39.3 Å². The van der Waals surface area contributed by atoms with Gasteiger partial charge in [-0.2, -0.15) is 0 Å². The van der Waals surface area contributed by atoms with E-state index in [1.54, 1.807) is 0 Å². The van der Waals surface area contributed by atoms with Crippen LogP contribution in [0.25, 0.3) is 105 Å². The molecule has 9 aromatic carbocycles. The van der Waals surface area contributed by atoms with Crippen LogP contribution in [-0.2, 0) is 10.8 Å². The van der Waals surface area contributed by atoms with E-state index in [1.807, 2.05) is 0 Å². The van der Waals surface area contributed by atoms with E-state index in [0.717, 1.165) is 0 Å². The molecule has 0 amide bonds.